The van der Waals surface area contributed by atoms with E-state index in [2.05, 4.69) is 20.2 Å². The molecule has 6 heterocycles. The van der Waals surface area contributed by atoms with Crippen molar-refractivity contribution in [1.82, 2.24) is 20.3 Å². The number of aromatic nitrogens is 3. The second kappa shape index (κ2) is 8.37. The topological polar surface area (TPSA) is 109 Å². The Bertz CT molecular complexity index is 1520. The van der Waals surface area contributed by atoms with E-state index >= 15 is 4.39 Å². The van der Waals surface area contributed by atoms with Gasteiger partial charge in [0.25, 0.3) is 0 Å². The van der Waals surface area contributed by atoms with Crippen molar-refractivity contribution in [2.24, 2.45) is 0 Å². The van der Waals surface area contributed by atoms with Gasteiger partial charge in [0.2, 0.25) is 5.88 Å². The van der Waals surface area contributed by atoms with Crippen molar-refractivity contribution in [3.8, 4) is 17.1 Å². The van der Waals surface area contributed by atoms with Crippen molar-refractivity contribution in [2.45, 2.75) is 83.5 Å². The molecule has 3 aromatic rings. The molecule has 208 valence electrons. The fourth-order valence-electron chi connectivity index (χ4n) is 6.67. The number of fused-ring (bicyclic) bond motifs is 5. The van der Waals surface area contributed by atoms with Crippen LogP contribution in [0, 0.1) is 19.7 Å². The molecule has 3 aliphatic rings. The first kappa shape index (κ1) is 26.0. The summed E-state index contributed by atoms with van der Waals surface area (Å²) < 4.78 is 65.7. The molecule has 0 aliphatic carbocycles. The van der Waals surface area contributed by atoms with Gasteiger partial charge >= 0.3 is 6.18 Å². The minimum atomic E-state index is -4.84. The van der Waals surface area contributed by atoms with E-state index in [-0.39, 0.29) is 52.0 Å². The number of nitrogens with zero attached hydrogens (tertiary/aromatic N) is 4. The highest BCUT2D eigenvalue weighted by molar-refractivity contribution is 6.02. The molecule has 0 saturated carbocycles. The molecule has 0 spiro atoms. The first-order valence-corrected chi connectivity index (χ1v) is 13.0. The number of halogens is 4. The van der Waals surface area contributed by atoms with Gasteiger partial charge in [-0.25, -0.2) is 19.3 Å². The summed E-state index contributed by atoms with van der Waals surface area (Å²) in [6, 6.07) is 1.10. The number of nitrogens with two attached hydrogens (primary N) is 1. The third-order valence-electron chi connectivity index (χ3n) is 8.13. The maximum atomic E-state index is 16.7. The van der Waals surface area contributed by atoms with Crippen molar-refractivity contribution in [2.75, 3.05) is 17.2 Å². The molecule has 4 N–H and O–H groups in total. The summed E-state index contributed by atoms with van der Waals surface area (Å²) in [4.78, 5) is 15.1. The number of hydrogen-bond donors (Lipinski definition) is 3. The van der Waals surface area contributed by atoms with Gasteiger partial charge in [0.1, 0.15) is 29.0 Å². The van der Waals surface area contributed by atoms with Crippen molar-refractivity contribution in [1.29, 1.82) is 0 Å². The molecule has 2 saturated heterocycles. The molecule has 0 aromatic carbocycles. The third-order valence-corrected chi connectivity index (χ3v) is 8.13. The number of piperazine rings is 1. The van der Waals surface area contributed by atoms with Gasteiger partial charge in [0.15, 0.2) is 5.82 Å². The molecule has 0 radical (unpaired) electrons. The lowest BCUT2D eigenvalue weighted by molar-refractivity contribution is -0.137. The molecular formula is C27H30F4N6O2. The van der Waals surface area contributed by atoms with Crippen LogP contribution in [0.3, 0.4) is 0 Å². The number of nitrogens with one attached hydrogen (secondary N) is 1. The SMILES string of the molecule is Cc1nc(N)cc(-c2nc3c4c(nc(C(C)(C)O)c(C)c4c2F)N2C[C@H]4CC[C@H](N4)[C@H]2[C@H](C)O3)c1C(F)(F)F. The van der Waals surface area contributed by atoms with Crippen LogP contribution in [-0.2, 0) is 11.8 Å². The van der Waals surface area contributed by atoms with Crippen LogP contribution in [0.1, 0.15) is 56.1 Å². The molecule has 3 aromatic heterocycles. The summed E-state index contributed by atoms with van der Waals surface area (Å²) in [5, 5.41) is 14.9. The van der Waals surface area contributed by atoms with Gasteiger partial charge in [-0.2, -0.15) is 13.2 Å². The number of alkyl halides is 3. The minimum absolute atomic E-state index is 0.00627. The van der Waals surface area contributed by atoms with Crippen molar-refractivity contribution in [3.05, 3.63) is 34.4 Å². The number of aliphatic hydroxyl groups is 1. The summed E-state index contributed by atoms with van der Waals surface area (Å²) in [5.41, 5.74) is 2.32. The van der Waals surface area contributed by atoms with Gasteiger partial charge in [-0.1, -0.05) is 0 Å². The number of hydrogen-bond acceptors (Lipinski definition) is 8. The van der Waals surface area contributed by atoms with Crippen LogP contribution in [0.2, 0.25) is 0 Å². The average Bonchev–Trinajstić information content (AvgIpc) is 3.13. The second-order valence-electron chi connectivity index (χ2n) is 11.4. The lowest BCUT2D eigenvalue weighted by Crippen LogP contribution is -2.62. The molecule has 2 fully saturated rings. The Hall–Kier alpha value is -3.25. The van der Waals surface area contributed by atoms with Crippen LogP contribution >= 0.6 is 0 Å². The average molecular weight is 547 g/mol. The van der Waals surface area contributed by atoms with E-state index in [1.807, 2.05) is 6.92 Å². The predicted octanol–water partition coefficient (Wildman–Crippen LogP) is 4.37. The van der Waals surface area contributed by atoms with Crippen LogP contribution in [0.5, 0.6) is 5.88 Å². The minimum Gasteiger partial charge on any atom is -0.472 e. The fourth-order valence-corrected chi connectivity index (χ4v) is 6.67. The van der Waals surface area contributed by atoms with E-state index in [9.17, 15) is 18.3 Å². The molecular weight excluding hydrogens is 516 g/mol. The van der Waals surface area contributed by atoms with E-state index < -0.39 is 40.5 Å². The zero-order chi connectivity index (χ0) is 28.2. The highest BCUT2D eigenvalue weighted by Gasteiger charge is 2.47. The third kappa shape index (κ3) is 3.90. The molecule has 39 heavy (non-hydrogen) atoms. The van der Waals surface area contributed by atoms with Crippen molar-refractivity contribution in [3.63, 3.8) is 0 Å². The fraction of sp³-hybridized carbons (Fsp3) is 0.519. The standard InChI is InChI=1S/C27H30F4N6O2/c1-10-17-18-24(36-23(10)26(4,5)38)37-9-13-6-7-15(34-13)22(37)12(3)39-25(18)35-21(20(17)28)14-8-16(32)33-11(2)19(14)27(29,30)31/h8,12-13,15,22,34,38H,6-7,9H2,1-5H3,(H2,32,33)/t12-,13+,15-,22+/m0/s1. The zero-order valence-electron chi connectivity index (χ0n) is 22.2. The van der Waals surface area contributed by atoms with Crippen LogP contribution < -0.4 is 20.7 Å². The van der Waals surface area contributed by atoms with Crippen LogP contribution in [0.25, 0.3) is 22.0 Å². The molecule has 0 amide bonds. The first-order chi connectivity index (χ1) is 18.2. The van der Waals surface area contributed by atoms with E-state index in [4.69, 9.17) is 15.5 Å². The van der Waals surface area contributed by atoms with Crippen molar-refractivity contribution >= 4 is 22.4 Å². The van der Waals surface area contributed by atoms with E-state index in [0.29, 0.717) is 17.9 Å². The normalized spacial score (nSPS) is 24.5. The van der Waals surface area contributed by atoms with E-state index in [1.165, 1.54) is 6.92 Å². The van der Waals surface area contributed by atoms with Crippen LogP contribution in [0.4, 0.5) is 29.2 Å². The largest absolute Gasteiger partial charge is 0.472 e. The smallest absolute Gasteiger partial charge is 0.418 e. The van der Waals surface area contributed by atoms with Gasteiger partial charge in [-0.05, 0) is 59.1 Å². The highest BCUT2D eigenvalue weighted by Crippen LogP contribution is 2.48. The summed E-state index contributed by atoms with van der Waals surface area (Å²) in [6.45, 7) is 8.33. The first-order valence-electron chi connectivity index (χ1n) is 13.0. The van der Waals surface area contributed by atoms with Gasteiger partial charge in [0, 0.05) is 29.6 Å². The Balaban J connectivity index is 1.73. The number of anilines is 2. The summed E-state index contributed by atoms with van der Waals surface area (Å²) in [6.07, 6.45) is -3.39. The zero-order valence-corrected chi connectivity index (χ0v) is 22.2. The lowest BCUT2D eigenvalue weighted by Gasteiger charge is -2.43. The molecule has 2 bridgehead atoms. The lowest BCUT2D eigenvalue weighted by atomic mass is 9.93. The van der Waals surface area contributed by atoms with Gasteiger partial charge in [0.05, 0.1) is 28.4 Å². The Morgan fingerprint density at radius 2 is 1.85 bits per heavy atom. The predicted molar refractivity (Wildman–Crippen MR) is 138 cm³/mol. The van der Waals surface area contributed by atoms with Gasteiger partial charge in [-0.3, -0.25) is 0 Å². The monoisotopic (exact) mass is 546 g/mol. The number of ether oxygens (including phenoxy) is 1. The van der Waals surface area contributed by atoms with Gasteiger partial charge < -0.3 is 25.8 Å². The maximum Gasteiger partial charge on any atom is 0.418 e. The van der Waals surface area contributed by atoms with E-state index in [0.717, 1.165) is 18.9 Å². The van der Waals surface area contributed by atoms with Crippen LogP contribution in [-0.4, -0.2) is 50.8 Å². The Morgan fingerprint density at radius 3 is 2.51 bits per heavy atom. The Labute approximate surface area is 222 Å². The summed E-state index contributed by atoms with van der Waals surface area (Å²) >= 11 is 0. The Kier molecular flexibility index (Phi) is 5.58. The van der Waals surface area contributed by atoms with Crippen molar-refractivity contribution < 1.29 is 27.4 Å². The van der Waals surface area contributed by atoms with Gasteiger partial charge in [-0.15, -0.1) is 0 Å². The summed E-state index contributed by atoms with van der Waals surface area (Å²) in [7, 11) is 0. The second-order valence-corrected chi connectivity index (χ2v) is 11.4. The molecule has 0 unspecified atom stereocenters. The van der Waals surface area contributed by atoms with Crippen LogP contribution in [0.15, 0.2) is 6.07 Å². The van der Waals surface area contributed by atoms with E-state index in [1.54, 1.807) is 20.8 Å². The Morgan fingerprint density at radius 1 is 1.13 bits per heavy atom. The molecule has 8 nitrogen and oxygen atoms in total. The summed E-state index contributed by atoms with van der Waals surface area (Å²) in [5.74, 6) is -0.757. The molecule has 12 heteroatoms. The maximum absolute atomic E-state index is 16.7. The number of nitrogen functional groups attached to an aromatic ring is 1. The molecule has 6 rings (SSSR count). The number of pyridine rings is 3. The molecule has 4 atom stereocenters. The molecule has 3 aliphatic heterocycles. The number of aryl methyl sites for hydroxylation is 2. The highest BCUT2D eigenvalue weighted by atomic mass is 19.4. The number of rotatable bonds is 2. The quantitative estimate of drug-likeness (QED) is 0.407.